The molecule has 0 bridgehead atoms. The third-order valence-corrected chi connectivity index (χ3v) is 5.60. The number of nitrogens with one attached hydrogen (secondary N) is 1. The number of ether oxygens (including phenoxy) is 1. The number of hydrogen-bond acceptors (Lipinski definition) is 5. The topological polar surface area (TPSA) is 95.9 Å². The Morgan fingerprint density at radius 1 is 1.35 bits per heavy atom. The fourth-order valence-corrected chi connectivity index (χ4v) is 3.96. The van der Waals surface area contributed by atoms with Gasteiger partial charge < -0.3 is 9.84 Å². The fraction of sp³-hybridized carbons (Fsp3) is 0.533. The van der Waals surface area contributed by atoms with E-state index >= 15 is 0 Å². The van der Waals surface area contributed by atoms with E-state index in [2.05, 4.69) is 4.72 Å². The van der Waals surface area contributed by atoms with Gasteiger partial charge >= 0.3 is 5.97 Å². The molecule has 0 spiro atoms. The van der Waals surface area contributed by atoms with Crippen LogP contribution >= 0.6 is 0 Å². The van der Waals surface area contributed by atoms with E-state index in [4.69, 9.17) is 9.84 Å². The Kier molecular flexibility index (Phi) is 5.61. The Labute approximate surface area is 136 Å². The van der Waals surface area contributed by atoms with Crippen molar-refractivity contribution < 1.29 is 23.1 Å². The van der Waals surface area contributed by atoms with Gasteiger partial charge in [0.2, 0.25) is 10.0 Å². The summed E-state index contributed by atoms with van der Waals surface area (Å²) in [5.74, 6) is -0.269. The number of aliphatic carboxylic acids is 1. The number of carboxylic acids is 1. The summed E-state index contributed by atoms with van der Waals surface area (Å²) in [6.45, 7) is 2.52. The minimum absolute atomic E-state index is 0.0148. The Morgan fingerprint density at radius 3 is 2.43 bits per heavy atom. The van der Waals surface area contributed by atoms with E-state index < -0.39 is 16.0 Å². The maximum Gasteiger partial charge on any atom is 0.317 e. The molecule has 128 valence electrons. The molecule has 1 aromatic carbocycles. The van der Waals surface area contributed by atoms with Crippen molar-refractivity contribution in [2.24, 2.45) is 0 Å². The molecule has 2 rings (SSSR count). The van der Waals surface area contributed by atoms with Crippen LogP contribution in [-0.2, 0) is 14.8 Å². The molecule has 0 radical (unpaired) electrons. The molecule has 0 heterocycles. The second kappa shape index (κ2) is 7.29. The molecular weight excluding hydrogens is 320 g/mol. The normalized spacial score (nSPS) is 21.0. The van der Waals surface area contributed by atoms with Crippen LogP contribution in [0.15, 0.2) is 29.2 Å². The Hall–Kier alpha value is -1.64. The molecule has 23 heavy (non-hydrogen) atoms. The summed E-state index contributed by atoms with van der Waals surface area (Å²) >= 11 is 0. The smallest absolute Gasteiger partial charge is 0.317 e. The number of benzene rings is 1. The van der Waals surface area contributed by atoms with Crippen molar-refractivity contribution in [2.45, 2.75) is 36.7 Å². The summed E-state index contributed by atoms with van der Waals surface area (Å²) in [5, 5.41) is 8.86. The Morgan fingerprint density at radius 2 is 1.96 bits per heavy atom. The van der Waals surface area contributed by atoms with Crippen LogP contribution in [0.1, 0.15) is 19.8 Å². The maximum absolute atomic E-state index is 12.3. The standard InChI is InChI=1S/C15H22N2O5S/c1-3-17(10-15(18)19)12-8-11(9-12)16-23(20,21)14-6-4-13(22-2)5-7-14/h4-7,11-12,16H,3,8-10H2,1-2H3,(H,18,19). The van der Waals surface area contributed by atoms with Gasteiger partial charge in [-0.1, -0.05) is 6.92 Å². The monoisotopic (exact) mass is 342 g/mol. The first-order valence-electron chi connectivity index (χ1n) is 7.48. The van der Waals surface area contributed by atoms with E-state index in [0.717, 1.165) is 0 Å². The average molecular weight is 342 g/mol. The molecule has 1 aliphatic rings. The predicted octanol–water partition coefficient (Wildman–Crippen LogP) is 0.911. The van der Waals surface area contributed by atoms with Crippen molar-refractivity contribution in [1.29, 1.82) is 0 Å². The van der Waals surface area contributed by atoms with Crippen LogP contribution < -0.4 is 9.46 Å². The minimum atomic E-state index is -3.56. The lowest BCUT2D eigenvalue weighted by Crippen LogP contribution is -2.54. The molecule has 2 N–H and O–H groups in total. The van der Waals surface area contributed by atoms with E-state index in [1.807, 2.05) is 11.8 Å². The van der Waals surface area contributed by atoms with E-state index in [0.29, 0.717) is 25.1 Å². The van der Waals surface area contributed by atoms with Crippen LogP contribution in [-0.4, -0.2) is 56.7 Å². The lowest BCUT2D eigenvalue weighted by Gasteiger charge is -2.42. The van der Waals surface area contributed by atoms with Crippen LogP contribution in [0.2, 0.25) is 0 Å². The quantitative estimate of drug-likeness (QED) is 0.729. The number of rotatable bonds is 8. The molecule has 1 fully saturated rings. The molecule has 1 saturated carbocycles. The summed E-state index contributed by atoms with van der Waals surface area (Å²) < 4.78 is 32.3. The van der Waals surface area contributed by atoms with Gasteiger partial charge in [0.25, 0.3) is 0 Å². The third-order valence-electron chi connectivity index (χ3n) is 4.07. The van der Waals surface area contributed by atoms with Gasteiger partial charge in [0.05, 0.1) is 18.6 Å². The van der Waals surface area contributed by atoms with Crippen molar-refractivity contribution in [3.05, 3.63) is 24.3 Å². The zero-order chi connectivity index (χ0) is 17.0. The van der Waals surface area contributed by atoms with Gasteiger partial charge in [0, 0.05) is 12.1 Å². The number of hydrogen-bond donors (Lipinski definition) is 2. The molecule has 0 aliphatic heterocycles. The zero-order valence-electron chi connectivity index (χ0n) is 13.2. The lowest BCUT2D eigenvalue weighted by atomic mass is 9.86. The van der Waals surface area contributed by atoms with Crippen LogP contribution in [0.5, 0.6) is 5.75 Å². The number of carbonyl (C=O) groups is 1. The molecule has 7 nitrogen and oxygen atoms in total. The van der Waals surface area contributed by atoms with E-state index in [-0.39, 0.29) is 23.5 Å². The highest BCUT2D eigenvalue weighted by molar-refractivity contribution is 7.89. The van der Waals surface area contributed by atoms with Gasteiger partial charge in [0.1, 0.15) is 5.75 Å². The lowest BCUT2D eigenvalue weighted by molar-refractivity contribution is -0.139. The zero-order valence-corrected chi connectivity index (χ0v) is 14.0. The second-order valence-corrected chi connectivity index (χ2v) is 7.29. The Bertz CT molecular complexity index is 638. The molecule has 0 atom stereocenters. The number of methoxy groups -OCH3 is 1. The second-order valence-electron chi connectivity index (χ2n) is 5.58. The first-order valence-corrected chi connectivity index (χ1v) is 8.96. The van der Waals surface area contributed by atoms with Crippen molar-refractivity contribution in [1.82, 2.24) is 9.62 Å². The predicted molar refractivity (Wildman–Crippen MR) is 85.0 cm³/mol. The summed E-state index contributed by atoms with van der Waals surface area (Å²) in [6.07, 6.45) is 1.24. The first-order chi connectivity index (χ1) is 10.9. The van der Waals surface area contributed by atoms with Gasteiger partial charge in [-0.3, -0.25) is 9.69 Å². The summed E-state index contributed by atoms with van der Waals surface area (Å²) in [6, 6.07) is 6.16. The number of nitrogens with zero attached hydrogens (tertiary/aromatic N) is 1. The van der Waals surface area contributed by atoms with E-state index in [1.54, 1.807) is 12.1 Å². The van der Waals surface area contributed by atoms with Gasteiger partial charge in [-0.2, -0.15) is 0 Å². The van der Waals surface area contributed by atoms with Crippen molar-refractivity contribution >= 4 is 16.0 Å². The fourth-order valence-electron chi connectivity index (χ4n) is 2.70. The minimum Gasteiger partial charge on any atom is -0.497 e. The highest BCUT2D eigenvalue weighted by Gasteiger charge is 2.36. The van der Waals surface area contributed by atoms with Crippen molar-refractivity contribution in [2.75, 3.05) is 20.2 Å². The van der Waals surface area contributed by atoms with Gasteiger partial charge in [-0.25, -0.2) is 13.1 Å². The maximum atomic E-state index is 12.3. The van der Waals surface area contributed by atoms with Crippen LogP contribution in [0.25, 0.3) is 0 Å². The molecular formula is C15H22N2O5S. The molecule has 0 amide bonds. The summed E-state index contributed by atoms with van der Waals surface area (Å²) in [7, 11) is -2.04. The highest BCUT2D eigenvalue weighted by atomic mass is 32.2. The molecule has 0 saturated heterocycles. The van der Waals surface area contributed by atoms with Crippen LogP contribution in [0.3, 0.4) is 0 Å². The van der Waals surface area contributed by atoms with Gasteiger partial charge in [0.15, 0.2) is 0 Å². The summed E-state index contributed by atoms with van der Waals surface area (Å²) in [5.41, 5.74) is 0. The molecule has 0 unspecified atom stereocenters. The van der Waals surface area contributed by atoms with E-state index in [9.17, 15) is 13.2 Å². The highest BCUT2D eigenvalue weighted by Crippen LogP contribution is 2.27. The number of likely N-dealkylation sites (N-methyl/N-ethyl adjacent to an activating group) is 1. The van der Waals surface area contributed by atoms with Gasteiger partial charge in [-0.15, -0.1) is 0 Å². The molecule has 8 heteroatoms. The average Bonchev–Trinajstić information content (AvgIpc) is 2.48. The number of sulfonamides is 1. The Balaban J connectivity index is 1.91. The van der Waals surface area contributed by atoms with Crippen molar-refractivity contribution in [3.8, 4) is 5.75 Å². The molecule has 0 aromatic heterocycles. The van der Waals surface area contributed by atoms with Gasteiger partial charge in [-0.05, 0) is 43.7 Å². The summed E-state index contributed by atoms with van der Waals surface area (Å²) in [4.78, 5) is 12.8. The molecule has 1 aromatic rings. The largest absolute Gasteiger partial charge is 0.497 e. The van der Waals surface area contributed by atoms with Crippen LogP contribution in [0, 0.1) is 0 Å². The first kappa shape index (κ1) is 17.7. The van der Waals surface area contributed by atoms with Crippen molar-refractivity contribution in [3.63, 3.8) is 0 Å². The third kappa shape index (κ3) is 4.43. The van der Waals surface area contributed by atoms with Crippen LogP contribution in [0.4, 0.5) is 0 Å². The van der Waals surface area contributed by atoms with E-state index in [1.165, 1.54) is 19.2 Å². The molecule has 1 aliphatic carbocycles. The SMILES string of the molecule is CCN(CC(=O)O)C1CC(NS(=O)(=O)c2ccc(OC)cc2)C1. The number of carboxylic acid groups (broad SMARTS) is 1.